The van der Waals surface area contributed by atoms with Gasteiger partial charge in [-0.15, -0.1) is 0 Å². The van der Waals surface area contributed by atoms with E-state index >= 15 is 4.39 Å². The van der Waals surface area contributed by atoms with E-state index in [1.165, 1.54) is 18.2 Å². The monoisotopic (exact) mass is 571 g/mol. The zero-order valence-corrected chi connectivity index (χ0v) is 22.6. The lowest BCUT2D eigenvalue weighted by molar-refractivity contribution is 0.0655. The van der Waals surface area contributed by atoms with Crippen LogP contribution in [-0.2, 0) is 4.74 Å². The highest BCUT2D eigenvalue weighted by Gasteiger charge is 2.24. The molecule has 1 aliphatic carbocycles. The van der Waals surface area contributed by atoms with Gasteiger partial charge in [0.25, 0.3) is 0 Å². The van der Waals surface area contributed by atoms with Gasteiger partial charge < -0.3 is 21.1 Å². The number of halogens is 3. The van der Waals surface area contributed by atoms with Gasteiger partial charge in [0.05, 0.1) is 24.0 Å². The molecular weight excluding hydrogens is 540 g/mol. The van der Waals surface area contributed by atoms with E-state index in [0.717, 1.165) is 31.4 Å². The number of methoxy groups -OCH3 is 1. The van der Waals surface area contributed by atoms with Gasteiger partial charge in [0.1, 0.15) is 23.1 Å². The number of nitrogen functional groups attached to an aromatic ring is 1. The number of hydrogen-bond acceptors (Lipinski definition) is 6. The van der Waals surface area contributed by atoms with E-state index in [4.69, 9.17) is 15.5 Å². The normalized spacial score (nSPS) is 18.4. The molecule has 1 aliphatic rings. The lowest BCUT2D eigenvalue weighted by Gasteiger charge is -2.27. The van der Waals surface area contributed by atoms with Gasteiger partial charge >= 0.3 is 0 Å². The average Bonchev–Trinajstić information content (AvgIpc) is 2.88. The third kappa shape index (κ3) is 6.52. The Balaban J connectivity index is 1.54. The van der Waals surface area contributed by atoms with Gasteiger partial charge in [-0.25, -0.2) is 18.7 Å². The first-order valence-electron chi connectivity index (χ1n) is 12.3. The molecule has 1 atom stereocenters. The quantitative estimate of drug-likeness (QED) is 0.294. The lowest BCUT2D eigenvalue weighted by Crippen LogP contribution is -2.29. The molecular formula is C28H32BrF2N5O. The average molecular weight is 572 g/mol. The third-order valence-corrected chi connectivity index (χ3v) is 7.31. The number of likely N-dealkylation sites (N-methyl/N-ethyl adjacent to an activating group) is 1. The molecule has 1 saturated carbocycles. The minimum absolute atomic E-state index is 0.254. The van der Waals surface area contributed by atoms with Crippen molar-refractivity contribution in [2.45, 2.75) is 43.7 Å². The Morgan fingerprint density at radius 2 is 1.95 bits per heavy atom. The van der Waals surface area contributed by atoms with E-state index < -0.39 is 5.82 Å². The van der Waals surface area contributed by atoms with E-state index in [-0.39, 0.29) is 29.7 Å². The number of aromatic nitrogens is 2. The molecule has 0 bridgehead atoms. The van der Waals surface area contributed by atoms with Crippen molar-refractivity contribution >= 4 is 27.4 Å². The van der Waals surface area contributed by atoms with Crippen LogP contribution in [0.3, 0.4) is 0 Å². The van der Waals surface area contributed by atoms with Crippen molar-refractivity contribution < 1.29 is 13.5 Å². The number of nitrogens with zero attached hydrogens (tertiary/aromatic N) is 2. The highest BCUT2D eigenvalue weighted by atomic mass is 79.9. The summed E-state index contributed by atoms with van der Waals surface area (Å²) in [7, 11) is 3.54. The number of hydrogen-bond donors (Lipinski definition) is 3. The molecule has 0 radical (unpaired) electrons. The van der Waals surface area contributed by atoms with Crippen LogP contribution in [0.2, 0.25) is 0 Å². The van der Waals surface area contributed by atoms with E-state index in [9.17, 15) is 4.39 Å². The molecule has 1 unspecified atom stereocenters. The molecule has 0 saturated heterocycles. The molecule has 9 heteroatoms. The molecule has 1 heterocycles. The first-order chi connectivity index (χ1) is 17.8. The van der Waals surface area contributed by atoms with E-state index in [1.54, 1.807) is 32.5 Å². The number of benzene rings is 2. The van der Waals surface area contributed by atoms with Crippen molar-refractivity contribution in [1.82, 2.24) is 20.6 Å². The topological polar surface area (TPSA) is 85.1 Å². The van der Waals surface area contributed by atoms with Crippen molar-refractivity contribution in [1.29, 1.82) is 0 Å². The van der Waals surface area contributed by atoms with Crippen LogP contribution in [0, 0.1) is 11.6 Å². The van der Waals surface area contributed by atoms with Crippen LogP contribution in [0.4, 0.5) is 14.6 Å². The minimum Gasteiger partial charge on any atom is -0.382 e. The Bertz CT molecular complexity index is 1240. The predicted octanol–water partition coefficient (Wildman–Crippen LogP) is 5.96. The second-order valence-electron chi connectivity index (χ2n) is 9.37. The molecule has 37 heavy (non-hydrogen) atoms. The lowest BCUT2D eigenvalue weighted by atomic mass is 9.85. The van der Waals surface area contributed by atoms with Gasteiger partial charge in [-0.3, -0.25) is 0 Å². The molecule has 4 N–H and O–H groups in total. The van der Waals surface area contributed by atoms with E-state index in [2.05, 4.69) is 38.1 Å². The van der Waals surface area contributed by atoms with Crippen molar-refractivity contribution in [3.63, 3.8) is 0 Å². The van der Waals surface area contributed by atoms with Crippen LogP contribution in [-0.4, -0.2) is 36.8 Å². The molecule has 0 aliphatic heterocycles. The number of ether oxygens (including phenoxy) is 1. The van der Waals surface area contributed by atoms with Gasteiger partial charge in [0.15, 0.2) is 0 Å². The number of nitrogens with one attached hydrogen (secondary N) is 2. The summed E-state index contributed by atoms with van der Waals surface area (Å²) in [5.74, 6) is -0.297. The fourth-order valence-corrected chi connectivity index (χ4v) is 5.33. The van der Waals surface area contributed by atoms with Gasteiger partial charge in [-0.2, -0.15) is 0 Å². The van der Waals surface area contributed by atoms with Crippen LogP contribution < -0.4 is 16.4 Å². The fraction of sp³-hybridized carbons (Fsp3) is 0.357. The Labute approximate surface area is 224 Å². The molecule has 4 rings (SSSR count). The Morgan fingerprint density at radius 1 is 1.19 bits per heavy atom. The van der Waals surface area contributed by atoms with Crippen molar-refractivity contribution in [2.24, 2.45) is 0 Å². The van der Waals surface area contributed by atoms with Gasteiger partial charge in [0, 0.05) is 40.9 Å². The molecule has 2 aromatic carbocycles. The maximum Gasteiger partial charge on any atom is 0.150 e. The fourth-order valence-electron chi connectivity index (χ4n) is 4.84. The van der Waals surface area contributed by atoms with Gasteiger partial charge in [0.2, 0.25) is 0 Å². The Kier molecular flexibility index (Phi) is 8.89. The Hall–Kier alpha value is -2.88. The van der Waals surface area contributed by atoms with Crippen LogP contribution in [0.25, 0.3) is 17.0 Å². The van der Waals surface area contributed by atoms with E-state index in [1.807, 2.05) is 6.07 Å². The smallest absolute Gasteiger partial charge is 0.150 e. The van der Waals surface area contributed by atoms with Crippen molar-refractivity contribution in [3.05, 3.63) is 82.1 Å². The summed E-state index contributed by atoms with van der Waals surface area (Å²) in [4.78, 5) is 9.14. The van der Waals surface area contributed by atoms with E-state index in [0.29, 0.717) is 39.1 Å². The highest BCUT2D eigenvalue weighted by molar-refractivity contribution is 9.10. The summed E-state index contributed by atoms with van der Waals surface area (Å²) in [5.41, 5.74) is 9.42. The summed E-state index contributed by atoms with van der Waals surface area (Å²) in [5, 5.41) is 6.31. The number of rotatable bonds is 9. The molecule has 6 nitrogen and oxygen atoms in total. The zero-order valence-electron chi connectivity index (χ0n) is 21.0. The summed E-state index contributed by atoms with van der Waals surface area (Å²) in [6.45, 7) is 4.53. The minimum atomic E-state index is -0.467. The summed E-state index contributed by atoms with van der Waals surface area (Å²) < 4.78 is 35.4. The van der Waals surface area contributed by atoms with Crippen LogP contribution >= 0.6 is 15.9 Å². The molecule has 1 fully saturated rings. The molecule has 196 valence electrons. The maximum absolute atomic E-state index is 15.3. The summed E-state index contributed by atoms with van der Waals surface area (Å²) in [6.07, 6.45) is 5.89. The highest BCUT2D eigenvalue weighted by Crippen LogP contribution is 2.35. The zero-order chi connectivity index (χ0) is 26.5. The molecule has 3 aromatic rings. The summed E-state index contributed by atoms with van der Waals surface area (Å²) in [6, 6.07) is 9.15. The maximum atomic E-state index is 15.3. The van der Waals surface area contributed by atoms with Gasteiger partial charge in [-0.1, -0.05) is 28.6 Å². The molecule has 0 amide bonds. The van der Waals surface area contributed by atoms with Crippen molar-refractivity contribution in [2.75, 3.05) is 26.4 Å². The van der Waals surface area contributed by atoms with Crippen LogP contribution in [0.15, 0.2) is 53.6 Å². The molecule has 1 aromatic heterocycles. The van der Waals surface area contributed by atoms with Crippen LogP contribution in [0.5, 0.6) is 0 Å². The standard InChI is InChI=1S/C28H32BrF2N5O/c1-16(35-25(14-33-2)19-10-20(29)13-21(30)11-19)23-9-6-18(12-24(23)31)27-28(32)34-15-26(36-27)17-4-7-22(37-3)8-5-17/h6,9-13,15,17,22,25,33,35H,1,4-5,7-8,14H2,2-3H3,(H2,32,34). The second kappa shape index (κ2) is 12.1. The number of anilines is 1. The van der Waals surface area contributed by atoms with Crippen LogP contribution in [0.1, 0.15) is 54.5 Å². The molecule has 0 spiro atoms. The SMILES string of the molecule is C=C(NC(CNC)c1cc(F)cc(Br)c1)c1ccc(-c2nc(C3CCC(OC)CC3)cnc2N)cc1F. The number of nitrogens with two attached hydrogens (primary N) is 1. The summed E-state index contributed by atoms with van der Waals surface area (Å²) >= 11 is 3.33. The largest absolute Gasteiger partial charge is 0.382 e. The first-order valence-corrected chi connectivity index (χ1v) is 13.1. The van der Waals surface area contributed by atoms with Crippen molar-refractivity contribution in [3.8, 4) is 11.3 Å². The van der Waals surface area contributed by atoms with Gasteiger partial charge in [-0.05, 0) is 68.6 Å². The first kappa shape index (κ1) is 27.2. The third-order valence-electron chi connectivity index (χ3n) is 6.86. The second-order valence-corrected chi connectivity index (χ2v) is 10.3. The predicted molar refractivity (Wildman–Crippen MR) is 147 cm³/mol. The Morgan fingerprint density at radius 3 is 2.59 bits per heavy atom.